The SMILES string of the molecule is NCC1COc2c(S(N)(=O)=O)cnn2C1. The number of fused-ring (bicyclic) bond motifs is 1. The third-order valence-corrected chi connectivity index (χ3v) is 3.18. The van der Waals surface area contributed by atoms with Crippen LogP contribution in [0.2, 0.25) is 0 Å². The van der Waals surface area contributed by atoms with Crippen molar-refractivity contribution in [1.82, 2.24) is 9.78 Å². The number of aromatic nitrogens is 2. The lowest BCUT2D eigenvalue weighted by Gasteiger charge is -2.23. The zero-order chi connectivity index (χ0) is 11.1. The van der Waals surface area contributed by atoms with Crippen LogP contribution in [0.25, 0.3) is 0 Å². The molecule has 1 atom stereocenters. The molecule has 2 heterocycles. The fourth-order valence-corrected chi connectivity index (χ4v) is 2.07. The predicted octanol–water partition coefficient (Wildman–Crippen LogP) is -1.50. The van der Waals surface area contributed by atoms with Crippen LogP contribution in [0.3, 0.4) is 0 Å². The van der Waals surface area contributed by atoms with Gasteiger partial charge in [-0.05, 0) is 0 Å². The topological polar surface area (TPSA) is 113 Å². The molecule has 0 radical (unpaired) electrons. The lowest BCUT2D eigenvalue weighted by Crippen LogP contribution is -2.31. The molecular weight excluding hydrogens is 220 g/mol. The number of ether oxygens (including phenoxy) is 1. The average molecular weight is 232 g/mol. The van der Waals surface area contributed by atoms with Crippen LogP contribution < -0.4 is 15.6 Å². The number of sulfonamides is 1. The Morgan fingerprint density at radius 2 is 2.40 bits per heavy atom. The van der Waals surface area contributed by atoms with Gasteiger partial charge in [0.05, 0.1) is 19.3 Å². The first kappa shape index (κ1) is 10.4. The van der Waals surface area contributed by atoms with E-state index >= 15 is 0 Å². The van der Waals surface area contributed by atoms with Gasteiger partial charge in [-0.3, -0.25) is 0 Å². The van der Waals surface area contributed by atoms with Crippen molar-refractivity contribution >= 4 is 10.0 Å². The molecule has 0 bridgehead atoms. The average Bonchev–Trinajstić information content (AvgIpc) is 2.59. The Labute approximate surface area is 87.0 Å². The highest BCUT2D eigenvalue weighted by atomic mass is 32.2. The molecule has 1 aromatic heterocycles. The van der Waals surface area contributed by atoms with E-state index in [1.54, 1.807) is 0 Å². The normalized spacial score (nSPS) is 20.8. The first-order valence-electron chi connectivity index (χ1n) is 4.44. The molecule has 15 heavy (non-hydrogen) atoms. The molecule has 0 spiro atoms. The van der Waals surface area contributed by atoms with Crippen molar-refractivity contribution in [1.29, 1.82) is 0 Å². The van der Waals surface area contributed by atoms with Gasteiger partial charge >= 0.3 is 0 Å². The maximum absolute atomic E-state index is 11.1. The Morgan fingerprint density at radius 1 is 1.67 bits per heavy atom. The Hall–Kier alpha value is -1.12. The molecule has 8 heteroatoms. The smallest absolute Gasteiger partial charge is 0.245 e. The third-order valence-electron chi connectivity index (χ3n) is 2.29. The number of nitrogens with zero attached hydrogens (tertiary/aromatic N) is 2. The fourth-order valence-electron chi connectivity index (χ4n) is 1.46. The molecule has 4 N–H and O–H groups in total. The van der Waals surface area contributed by atoms with E-state index in [-0.39, 0.29) is 16.7 Å². The van der Waals surface area contributed by atoms with Gasteiger partial charge in [-0.2, -0.15) is 5.10 Å². The van der Waals surface area contributed by atoms with E-state index in [4.69, 9.17) is 15.6 Å². The monoisotopic (exact) mass is 232 g/mol. The summed E-state index contributed by atoms with van der Waals surface area (Å²) in [6, 6.07) is 0. The van der Waals surface area contributed by atoms with E-state index in [1.807, 2.05) is 0 Å². The molecule has 2 rings (SSSR count). The van der Waals surface area contributed by atoms with Crippen LogP contribution in [0, 0.1) is 5.92 Å². The molecule has 84 valence electrons. The summed E-state index contributed by atoms with van der Waals surface area (Å²) in [4.78, 5) is -0.0713. The van der Waals surface area contributed by atoms with Crippen molar-refractivity contribution in [2.45, 2.75) is 11.4 Å². The highest BCUT2D eigenvalue weighted by molar-refractivity contribution is 7.89. The van der Waals surface area contributed by atoms with Gasteiger partial charge in [0.25, 0.3) is 0 Å². The molecule has 1 unspecified atom stereocenters. The van der Waals surface area contributed by atoms with Gasteiger partial charge in [-0.1, -0.05) is 0 Å². The minimum absolute atomic E-state index is 0.0713. The van der Waals surface area contributed by atoms with E-state index in [0.717, 1.165) is 0 Å². The zero-order valence-corrected chi connectivity index (χ0v) is 8.77. The number of primary sulfonamides is 1. The summed E-state index contributed by atoms with van der Waals surface area (Å²) in [5.41, 5.74) is 5.49. The molecule has 0 aromatic carbocycles. The quantitative estimate of drug-likeness (QED) is 0.644. The van der Waals surface area contributed by atoms with Gasteiger partial charge in [0.15, 0.2) is 4.90 Å². The van der Waals surface area contributed by atoms with Crippen molar-refractivity contribution in [3.8, 4) is 5.88 Å². The number of rotatable bonds is 2. The maximum Gasteiger partial charge on any atom is 0.245 e. The molecule has 0 saturated heterocycles. The summed E-state index contributed by atoms with van der Waals surface area (Å²) in [7, 11) is -3.76. The molecule has 0 saturated carbocycles. The largest absolute Gasteiger partial charge is 0.476 e. The Morgan fingerprint density at radius 3 is 3.00 bits per heavy atom. The van der Waals surface area contributed by atoms with Crippen LogP contribution in [0.1, 0.15) is 0 Å². The van der Waals surface area contributed by atoms with Gasteiger partial charge in [0, 0.05) is 12.5 Å². The van der Waals surface area contributed by atoms with Gasteiger partial charge in [-0.15, -0.1) is 0 Å². The van der Waals surface area contributed by atoms with E-state index in [1.165, 1.54) is 10.9 Å². The molecule has 0 aliphatic carbocycles. The minimum atomic E-state index is -3.76. The summed E-state index contributed by atoms with van der Waals surface area (Å²) in [6.45, 7) is 1.43. The minimum Gasteiger partial charge on any atom is -0.476 e. The molecule has 0 fully saturated rings. The maximum atomic E-state index is 11.1. The van der Waals surface area contributed by atoms with E-state index < -0.39 is 10.0 Å². The number of hydrogen-bond acceptors (Lipinski definition) is 5. The van der Waals surface area contributed by atoms with Crippen molar-refractivity contribution in [2.24, 2.45) is 16.8 Å². The van der Waals surface area contributed by atoms with Gasteiger partial charge in [-0.25, -0.2) is 18.2 Å². The molecule has 1 aliphatic rings. The van der Waals surface area contributed by atoms with Crippen molar-refractivity contribution < 1.29 is 13.2 Å². The predicted molar refractivity (Wildman–Crippen MR) is 51.6 cm³/mol. The second-order valence-electron chi connectivity index (χ2n) is 3.45. The van der Waals surface area contributed by atoms with Crippen LogP contribution in [-0.4, -0.2) is 31.3 Å². The Kier molecular flexibility index (Phi) is 2.41. The highest BCUT2D eigenvalue weighted by Crippen LogP contribution is 2.26. The van der Waals surface area contributed by atoms with Gasteiger partial charge in [0.2, 0.25) is 15.9 Å². The number of hydrogen-bond donors (Lipinski definition) is 2. The number of nitrogens with two attached hydrogens (primary N) is 2. The van der Waals surface area contributed by atoms with Crippen LogP contribution in [0.15, 0.2) is 11.1 Å². The Balaban J connectivity index is 2.38. The summed E-state index contributed by atoms with van der Waals surface area (Å²) < 4.78 is 29.0. The van der Waals surface area contributed by atoms with E-state index in [9.17, 15) is 8.42 Å². The van der Waals surface area contributed by atoms with Crippen molar-refractivity contribution in [2.75, 3.05) is 13.2 Å². The van der Waals surface area contributed by atoms with Crippen molar-refractivity contribution in [3.05, 3.63) is 6.20 Å². The molecule has 0 amide bonds. The first-order chi connectivity index (χ1) is 7.02. The first-order valence-corrected chi connectivity index (χ1v) is 5.98. The van der Waals surface area contributed by atoms with Crippen molar-refractivity contribution in [3.63, 3.8) is 0 Å². The van der Waals surface area contributed by atoms with E-state index in [0.29, 0.717) is 19.7 Å². The molecule has 1 aliphatic heterocycles. The van der Waals surface area contributed by atoms with Crippen LogP contribution >= 0.6 is 0 Å². The molecular formula is C7H12N4O3S. The lowest BCUT2D eigenvalue weighted by atomic mass is 10.1. The standard InChI is InChI=1S/C7H12N4O3S/c8-1-5-3-11-7(14-4-5)6(2-10-11)15(9,12)13/h2,5H,1,3-4,8H2,(H2,9,12,13). The molecule has 7 nitrogen and oxygen atoms in total. The van der Waals surface area contributed by atoms with Crippen LogP contribution in [-0.2, 0) is 16.6 Å². The zero-order valence-electron chi connectivity index (χ0n) is 7.96. The van der Waals surface area contributed by atoms with Gasteiger partial charge in [0.1, 0.15) is 0 Å². The second-order valence-corrected chi connectivity index (χ2v) is 4.98. The highest BCUT2D eigenvalue weighted by Gasteiger charge is 2.27. The fraction of sp³-hybridized carbons (Fsp3) is 0.571. The summed E-state index contributed by atoms with van der Waals surface area (Å²) in [6.07, 6.45) is 1.20. The summed E-state index contributed by atoms with van der Waals surface area (Å²) >= 11 is 0. The van der Waals surface area contributed by atoms with Crippen LogP contribution in [0.5, 0.6) is 5.88 Å². The Bertz CT molecular complexity index is 467. The third kappa shape index (κ3) is 1.83. The summed E-state index contributed by atoms with van der Waals surface area (Å²) in [5, 5.41) is 8.90. The van der Waals surface area contributed by atoms with Gasteiger partial charge < -0.3 is 10.5 Å². The molecule has 1 aromatic rings. The van der Waals surface area contributed by atoms with E-state index in [2.05, 4.69) is 5.10 Å². The second kappa shape index (κ2) is 3.47. The van der Waals surface area contributed by atoms with Crippen LogP contribution in [0.4, 0.5) is 0 Å². The summed E-state index contributed by atoms with van der Waals surface area (Å²) in [5.74, 6) is 0.368. The lowest BCUT2D eigenvalue weighted by molar-refractivity contribution is 0.164.